The van der Waals surface area contributed by atoms with Crippen molar-refractivity contribution in [3.63, 3.8) is 0 Å². The summed E-state index contributed by atoms with van der Waals surface area (Å²) in [6, 6.07) is 2.71. The molecule has 1 aromatic carbocycles. The van der Waals surface area contributed by atoms with E-state index in [1.54, 1.807) is 6.92 Å². The second kappa shape index (κ2) is 12.8. The third kappa shape index (κ3) is 7.68. The molecule has 4 rings (SSSR count). The average molecular weight is 659 g/mol. The number of carbonyl (C=O) groups excluding carboxylic acids is 1. The summed E-state index contributed by atoms with van der Waals surface area (Å²) < 4.78 is 65.3. The second-order valence-corrected chi connectivity index (χ2v) is 15.0. The van der Waals surface area contributed by atoms with Crippen LogP contribution >= 0.6 is 51.9 Å². The first kappa shape index (κ1) is 31.5. The molecule has 1 aromatic rings. The fourth-order valence-corrected chi connectivity index (χ4v) is 6.76. The molecule has 3 aliphatic heterocycles. The number of aliphatic imine (C=N–C) groups is 1. The van der Waals surface area contributed by atoms with Gasteiger partial charge < -0.3 is 10.1 Å². The molecule has 1 saturated heterocycles. The number of carbonyl (C=O) groups is 1. The Balaban J connectivity index is 1.78. The van der Waals surface area contributed by atoms with Crippen LogP contribution in [0.25, 0.3) is 0 Å². The van der Waals surface area contributed by atoms with Crippen LogP contribution in [0, 0.1) is 11.7 Å². The lowest BCUT2D eigenvalue weighted by Crippen LogP contribution is -2.39. The molecule has 0 bridgehead atoms. The van der Waals surface area contributed by atoms with Crippen LogP contribution in [0.4, 0.5) is 13.2 Å². The smallest absolute Gasteiger partial charge is 0.380 e. The molecule has 2 unspecified atom stereocenters. The van der Waals surface area contributed by atoms with Gasteiger partial charge in [-0.05, 0) is 59.3 Å². The first-order chi connectivity index (χ1) is 18.8. The minimum Gasteiger partial charge on any atom is -0.463 e. The molecule has 15 heteroatoms. The van der Waals surface area contributed by atoms with Crippen molar-refractivity contribution in [2.45, 2.75) is 38.3 Å². The second-order valence-electron chi connectivity index (χ2n) is 9.45. The Bertz CT molecular complexity index is 1340. The Labute approximate surface area is 248 Å². The summed E-state index contributed by atoms with van der Waals surface area (Å²) in [5, 5.41) is 5.12. The number of alkyl halides is 2. The van der Waals surface area contributed by atoms with Crippen LogP contribution in [-0.4, -0.2) is 55.0 Å². The van der Waals surface area contributed by atoms with Gasteiger partial charge in [0, 0.05) is 34.3 Å². The number of thioether (sulfide) groups is 1. The summed E-state index contributed by atoms with van der Waals surface area (Å²) in [4.78, 5) is 20.2. The van der Waals surface area contributed by atoms with E-state index >= 15 is 0 Å². The maximum Gasteiger partial charge on any atom is 0.380 e. The standard InChI is InChI=1S/C25H26Cl3F3N3O4PS/c1-3-37-24(35)21-18(11-34-12-20(25(30,31)13-34)38-39(27,28)36)32-23(19-7-4-14(2)8-9-40-19)33-22(21)16-6-5-15(29)10-17(16)26/h5-10,14,20,22H,3-4,11-13H2,1-2H3,(H,32,33)/t14?,20?,22-/m0/s1. The predicted octanol–water partition coefficient (Wildman–Crippen LogP) is 7.43. The van der Waals surface area contributed by atoms with Gasteiger partial charge in [0.05, 0.1) is 18.7 Å². The first-order valence-corrected chi connectivity index (χ1v) is 17.0. The van der Waals surface area contributed by atoms with Crippen LogP contribution in [-0.2, 0) is 18.6 Å². The zero-order valence-electron chi connectivity index (χ0n) is 21.4. The number of hydrogen-bond acceptors (Lipinski definition) is 8. The van der Waals surface area contributed by atoms with E-state index in [0.717, 1.165) is 17.4 Å². The summed E-state index contributed by atoms with van der Waals surface area (Å²) >= 11 is 18.7. The van der Waals surface area contributed by atoms with Crippen molar-refractivity contribution < 1.29 is 31.8 Å². The third-order valence-corrected chi connectivity index (χ3v) is 8.56. The monoisotopic (exact) mass is 657 g/mol. The third-order valence-electron chi connectivity index (χ3n) is 6.35. The number of ether oxygens (including phenoxy) is 1. The molecule has 0 aromatic heterocycles. The van der Waals surface area contributed by atoms with Gasteiger partial charge in [-0.3, -0.25) is 19.0 Å². The van der Waals surface area contributed by atoms with Gasteiger partial charge in [-0.2, -0.15) is 0 Å². The molecular formula is C25H26Cl3F3N3O4PS. The van der Waals surface area contributed by atoms with E-state index in [1.807, 2.05) is 17.6 Å². The summed E-state index contributed by atoms with van der Waals surface area (Å²) in [5.74, 6) is -4.06. The summed E-state index contributed by atoms with van der Waals surface area (Å²) in [6.07, 6.45) is -1.31. The van der Waals surface area contributed by atoms with E-state index in [4.69, 9.17) is 48.3 Å². The number of allylic oxidation sites excluding steroid dienone is 2. The summed E-state index contributed by atoms with van der Waals surface area (Å²) in [6.45, 7) is 2.39. The van der Waals surface area contributed by atoms with E-state index in [9.17, 15) is 22.5 Å². The lowest BCUT2D eigenvalue weighted by molar-refractivity contribution is -0.139. The van der Waals surface area contributed by atoms with Gasteiger partial charge in [-0.25, -0.2) is 18.0 Å². The quantitative estimate of drug-likeness (QED) is 0.230. The number of rotatable bonds is 8. The van der Waals surface area contributed by atoms with E-state index in [-0.39, 0.29) is 41.9 Å². The van der Waals surface area contributed by atoms with Crippen molar-refractivity contribution in [3.05, 3.63) is 68.3 Å². The maximum absolute atomic E-state index is 14.8. The fraction of sp³-hybridized carbons (Fsp3) is 0.440. The zero-order chi connectivity index (χ0) is 29.2. The molecule has 7 nitrogen and oxygen atoms in total. The van der Waals surface area contributed by atoms with Crippen molar-refractivity contribution in [3.8, 4) is 0 Å². The molecule has 3 aliphatic rings. The SMILES string of the molecule is CCOC(=O)C1=C(CN2CC(OP(=O)(Cl)Cl)C(F)(F)C2)NC(C2=CCC(C)C=CS2)=N[C@H]1c1ccc(F)cc1Cl. The molecule has 40 heavy (non-hydrogen) atoms. The Morgan fingerprint density at radius 1 is 1.35 bits per heavy atom. The van der Waals surface area contributed by atoms with Crippen molar-refractivity contribution in [2.24, 2.45) is 10.9 Å². The molecule has 0 radical (unpaired) electrons. The maximum atomic E-state index is 14.8. The lowest BCUT2D eigenvalue weighted by Gasteiger charge is -2.30. The topological polar surface area (TPSA) is 80.2 Å². The average Bonchev–Trinajstić information content (AvgIpc) is 2.98. The van der Waals surface area contributed by atoms with Crippen molar-refractivity contribution in [2.75, 3.05) is 26.2 Å². The van der Waals surface area contributed by atoms with Gasteiger partial charge in [-0.15, -0.1) is 0 Å². The molecule has 3 heterocycles. The highest BCUT2D eigenvalue weighted by Crippen LogP contribution is 2.60. The van der Waals surface area contributed by atoms with E-state index in [0.29, 0.717) is 11.4 Å². The Morgan fingerprint density at radius 2 is 2.10 bits per heavy atom. The van der Waals surface area contributed by atoms with E-state index in [1.165, 1.54) is 28.8 Å². The largest absolute Gasteiger partial charge is 0.463 e. The number of benzene rings is 1. The predicted molar refractivity (Wildman–Crippen MR) is 153 cm³/mol. The van der Waals surface area contributed by atoms with E-state index < -0.39 is 42.5 Å². The number of hydrogen-bond donors (Lipinski definition) is 1. The molecule has 3 atom stereocenters. The minimum atomic E-state index is -4.24. The lowest BCUT2D eigenvalue weighted by atomic mass is 9.95. The van der Waals surface area contributed by atoms with Crippen LogP contribution in [0.5, 0.6) is 0 Å². The number of nitrogens with one attached hydrogen (secondary N) is 1. The molecule has 1 fully saturated rings. The van der Waals surface area contributed by atoms with Crippen molar-refractivity contribution in [1.29, 1.82) is 0 Å². The summed E-state index contributed by atoms with van der Waals surface area (Å²) in [7, 11) is 0. The van der Waals surface area contributed by atoms with Gasteiger partial charge in [0.1, 0.15) is 23.8 Å². The van der Waals surface area contributed by atoms with Crippen LogP contribution in [0.3, 0.4) is 0 Å². The zero-order valence-corrected chi connectivity index (χ0v) is 25.4. The number of amidine groups is 1. The van der Waals surface area contributed by atoms with Crippen LogP contribution in [0.15, 0.2) is 56.9 Å². The van der Waals surface area contributed by atoms with Gasteiger partial charge in [0.15, 0.2) is 0 Å². The number of nitrogens with zero attached hydrogens (tertiary/aromatic N) is 2. The van der Waals surface area contributed by atoms with E-state index in [2.05, 4.69) is 12.2 Å². The molecule has 0 saturated carbocycles. The highest BCUT2D eigenvalue weighted by atomic mass is 35.9. The number of likely N-dealkylation sites (tertiary alicyclic amines) is 1. The number of halogens is 6. The minimum absolute atomic E-state index is 0.0355. The Morgan fingerprint density at radius 3 is 2.77 bits per heavy atom. The molecule has 0 spiro atoms. The number of esters is 1. The first-order valence-electron chi connectivity index (χ1n) is 12.3. The van der Waals surface area contributed by atoms with Gasteiger partial charge in [0.2, 0.25) is 0 Å². The van der Waals surface area contributed by atoms with Gasteiger partial charge in [-0.1, -0.05) is 48.5 Å². The van der Waals surface area contributed by atoms with Gasteiger partial charge in [0.25, 0.3) is 5.92 Å². The normalized spacial score (nSPS) is 25.2. The Kier molecular flexibility index (Phi) is 10.1. The fourth-order valence-electron chi connectivity index (χ4n) is 4.50. The molecule has 1 N–H and O–H groups in total. The highest BCUT2D eigenvalue weighted by Gasteiger charge is 2.51. The van der Waals surface area contributed by atoms with Crippen molar-refractivity contribution >= 4 is 63.7 Å². The van der Waals surface area contributed by atoms with Crippen LogP contribution in [0.1, 0.15) is 31.9 Å². The molecule has 0 aliphatic carbocycles. The van der Waals surface area contributed by atoms with Gasteiger partial charge >= 0.3 is 12.0 Å². The highest BCUT2D eigenvalue weighted by molar-refractivity contribution is 8.06. The van der Waals surface area contributed by atoms with Crippen LogP contribution < -0.4 is 5.32 Å². The van der Waals surface area contributed by atoms with Crippen LogP contribution in [0.2, 0.25) is 5.02 Å². The molecular weight excluding hydrogens is 633 g/mol. The molecule has 0 amide bonds. The van der Waals surface area contributed by atoms with Crippen molar-refractivity contribution in [1.82, 2.24) is 10.2 Å². The molecule has 218 valence electrons. The Hall–Kier alpha value is -1.46. The summed E-state index contributed by atoms with van der Waals surface area (Å²) in [5.41, 5.74) is 0.618.